The number of para-hydroxylation sites is 2. The number of carbonyl (C=O) groups is 3. The Hall–Kier alpha value is -7.22. The average molecular weight is 897 g/mol. The molecule has 3 aliphatic heterocycles. The Morgan fingerprint density at radius 2 is 1.47 bits per heavy atom. The van der Waals surface area contributed by atoms with Crippen LogP contribution in [0.15, 0.2) is 95.4 Å². The summed E-state index contributed by atoms with van der Waals surface area (Å²) < 4.78 is 31.5. The fourth-order valence-electron chi connectivity index (χ4n) is 8.67. The van der Waals surface area contributed by atoms with Gasteiger partial charge in [0.15, 0.2) is 0 Å². The number of hydrogen-bond acceptors (Lipinski definition) is 12. The van der Waals surface area contributed by atoms with Gasteiger partial charge in [-0.2, -0.15) is 0 Å². The predicted octanol–water partition coefficient (Wildman–Crippen LogP) is 7.67. The van der Waals surface area contributed by atoms with Crippen LogP contribution in [0.25, 0.3) is 33.4 Å². The Morgan fingerprint density at radius 3 is 2.11 bits per heavy atom. The van der Waals surface area contributed by atoms with Gasteiger partial charge < -0.3 is 48.5 Å². The number of anilines is 4. The summed E-state index contributed by atoms with van der Waals surface area (Å²) in [4.78, 5) is 43.9. The second-order valence-corrected chi connectivity index (χ2v) is 16.5. The molecule has 0 amide bonds. The third-order valence-corrected chi connectivity index (χ3v) is 12.5. The fraction of sp³-hybridized carbons (Fsp3) is 0.346. The van der Waals surface area contributed by atoms with Gasteiger partial charge in [0, 0.05) is 84.4 Å². The molecule has 0 atom stereocenters. The molecule has 2 fully saturated rings. The number of benzene rings is 5. The molecule has 344 valence electrons. The van der Waals surface area contributed by atoms with E-state index in [1.54, 1.807) is 6.07 Å². The number of hydrogen-bond donors (Lipinski definition) is 2. The minimum atomic E-state index is -1.02. The lowest BCUT2D eigenvalue weighted by Crippen LogP contribution is -2.40. The Morgan fingerprint density at radius 1 is 0.773 bits per heavy atom. The van der Waals surface area contributed by atoms with Crippen LogP contribution in [-0.2, 0) is 25.6 Å². The summed E-state index contributed by atoms with van der Waals surface area (Å²) in [6.07, 6.45) is 2.31. The molecule has 3 heterocycles. The third kappa shape index (κ3) is 9.73. The van der Waals surface area contributed by atoms with Crippen molar-refractivity contribution in [1.82, 2.24) is 4.58 Å². The lowest BCUT2D eigenvalue weighted by Gasteiger charge is -2.33. The highest BCUT2D eigenvalue weighted by Gasteiger charge is 2.27. The molecule has 4 aliphatic rings. The van der Waals surface area contributed by atoms with Gasteiger partial charge in [-0.05, 0) is 86.8 Å². The summed E-state index contributed by atoms with van der Waals surface area (Å²) in [5, 5.41) is 16.3. The summed E-state index contributed by atoms with van der Waals surface area (Å²) >= 11 is 0. The van der Waals surface area contributed by atoms with Crippen LogP contribution in [0.3, 0.4) is 0 Å². The fourth-order valence-corrected chi connectivity index (χ4v) is 8.67. The molecule has 0 spiro atoms. The van der Waals surface area contributed by atoms with E-state index in [9.17, 15) is 19.5 Å². The molecule has 14 nitrogen and oxygen atoms in total. The highest BCUT2D eigenvalue weighted by molar-refractivity contribution is 6.09. The number of carboxylic acid groups (broad SMARTS) is 1. The molecule has 2 saturated heterocycles. The number of fused-ring (bicyclic) bond motifs is 2. The van der Waals surface area contributed by atoms with Crippen LogP contribution in [-0.4, -0.2) is 103 Å². The van der Waals surface area contributed by atoms with E-state index in [0.29, 0.717) is 53.7 Å². The topological polar surface area (TPSA) is 146 Å². The predicted molar refractivity (Wildman–Crippen MR) is 257 cm³/mol. The first kappa shape index (κ1) is 45.4. The summed E-state index contributed by atoms with van der Waals surface area (Å²) in [6, 6.07) is 29.5. The van der Waals surface area contributed by atoms with Crippen molar-refractivity contribution >= 4 is 51.6 Å². The smallest absolute Gasteiger partial charge is 0.336 e. The number of ether oxygens (including phenoxy) is 4. The van der Waals surface area contributed by atoms with Crippen molar-refractivity contribution in [1.29, 1.82) is 0 Å². The first-order valence-corrected chi connectivity index (χ1v) is 22.7. The van der Waals surface area contributed by atoms with E-state index < -0.39 is 5.97 Å². The maximum atomic E-state index is 13.3. The van der Waals surface area contributed by atoms with Gasteiger partial charge in [-0.3, -0.25) is 9.59 Å². The van der Waals surface area contributed by atoms with Crippen LogP contribution in [0.1, 0.15) is 48.2 Å². The van der Waals surface area contributed by atoms with Crippen LogP contribution in [0.2, 0.25) is 0 Å². The Bertz CT molecular complexity index is 2790. The van der Waals surface area contributed by atoms with Crippen LogP contribution in [0, 0.1) is 6.92 Å². The highest BCUT2D eigenvalue weighted by atomic mass is 16.5. The van der Waals surface area contributed by atoms with Gasteiger partial charge in [-0.1, -0.05) is 18.2 Å². The molecule has 14 heteroatoms. The van der Waals surface area contributed by atoms with E-state index in [0.717, 1.165) is 89.1 Å². The molecule has 0 unspecified atom stereocenters. The quantitative estimate of drug-likeness (QED) is 0.0355. The Balaban J connectivity index is 1.07. The highest BCUT2D eigenvalue weighted by Crippen LogP contribution is 2.44. The maximum absolute atomic E-state index is 13.3. The zero-order valence-electron chi connectivity index (χ0n) is 38.4. The van der Waals surface area contributed by atoms with E-state index in [-0.39, 0.29) is 43.8 Å². The molecule has 66 heavy (non-hydrogen) atoms. The number of nitrogens with zero attached hydrogens (tertiary/aromatic N) is 4. The molecule has 4 aromatic rings. The van der Waals surface area contributed by atoms with Gasteiger partial charge >= 0.3 is 17.9 Å². The zero-order chi connectivity index (χ0) is 46.3. The second-order valence-electron chi connectivity index (χ2n) is 16.5. The summed E-state index contributed by atoms with van der Waals surface area (Å²) in [5.41, 5.74) is 8.17. The number of likely N-dealkylation sites (N-methyl/N-ethyl adjacent to an activating group) is 2. The first-order chi connectivity index (χ1) is 32.1. The third-order valence-electron chi connectivity index (χ3n) is 12.5. The van der Waals surface area contributed by atoms with E-state index in [4.69, 9.17) is 23.4 Å². The lowest BCUT2D eigenvalue weighted by atomic mass is 9.86. The monoisotopic (exact) mass is 896 g/mol. The van der Waals surface area contributed by atoms with Gasteiger partial charge in [0.25, 0.3) is 0 Å². The lowest BCUT2D eigenvalue weighted by molar-refractivity contribution is -0.139. The number of esters is 2. The van der Waals surface area contributed by atoms with Crippen molar-refractivity contribution < 1.29 is 42.9 Å². The second kappa shape index (κ2) is 20.3. The van der Waals surface area contributed by atoms with Crippen molar-refractivity contribution in [3.05, 3.63) is 113 Å². The van der Waals surface area contributed by atoms with Crippen molar-refractivity contribution in [3.63, 3.8) is 0 Å². The van der Waals surface area contributed by atoms with Crippen molar-refractivity contribution in [3.8, 4) is 33.9 Å². The van der Waals surface area contributed by atoms with Crippen molar-refractivity contribution in [2.75, 3.05) is 99.8 Å². The number of carboxylic acids is 1. The maximum Gasteiger partial charge on any atom is 0.336 e. The van der Waals surface area contributed by atoms with Crippen LogP contribution in [0.5, 0.6) is 11.5 Å². The van der Waals surface area contributed by atoms with Crippen LogP contribution in [0.4, 0.5) is 22.7 Å². The van der Waals surface area contributed by atoms with E-state index in [1.165, 1.54) is 14.2 Å². The number of methoxy groups -OCH3 is 2. The van der Waals surface area contributed by atoms with Gasteiger partial charge in [0.05, 0.1) is 43.6 Å². The van der Waals surface area contributed by atoms with Gasteiger partial charge in [-0.15, -0.1) is 0 Å². The zero-order valence-corrected chi connectivity index (χ0v) is 38.4. The average Bonchev–Trinajstić information content (AvgIpc) is 3.28. The molecule has 0 aromatic heterocycles. The SMILES string of the molecule is CCN(CC(=O)OC)c1ccccc1OCCOc1cc(NCc2cc(C)c(-c3c4ccc(=[N+]5CCC5)cc-4oc4cc(N5CCC5)ccc34)c(C(=O)O)c2)ccc1N(CC)CC(=O)OC. The summed E-state index contributed by atoms with van der Waals surface area (Å²) in [7, 11) is 2.72. The summed E-state index contributed by atoms with van der Waals surface area (Å²) in [5.74, 6) is 0.0762. The van der Waals surface area contributed by atoms with E-state index >= 15 is 0 Å². The Labute approximate surface area is 384 Å². The normalized spacial score (nSPS) is 13.2. The minimum absolute atomic E-state index is 0.0238. The molecule has 4 aromatic carbocycles. The Kier molecular flexibility index (Phi) is 14.0. The van der Waals surface area contributed by atoms with Gasteiger partial charge in [0.2, 0.25) is 5.36 Å². The number of carbonyl (C=O) groups excluding carboxylic acids is 2. The van der Waals surface area contributed by atoms with Gasteiger partial charge in [-0.25, -0.2) is 9.37 Å². The standard InChI is InChI=1S/C52H57N5O9/c1-6-54(32-48(58)62-4)42-12-8-9-13-44(42)64-24-25-65-47-28-36(14-19-43(47)55(7-2)33-49(59)63-5)53-31-35-26-34(3)50(41(27-35)52(60)61)51-39-17-15-37(56-20-10-21-56)29-45(39)66-46-30-38(16-18-40(46)51)57-22-11-23-57/h8-9,12-19,26-30,53H,6-7,10-11,20-25,31-33H2,1-5H3/p+1. The minimum Gasteiger partial charge on any atom is -0.488 e. The largest absolute Gasteiger partial charge is 0.488 e. The molecule has 0 saturated carbocycles. The number of nitrogens with one attached hydrogen (secondary N) is 1. The number of rotatable bonds is 19. The molecule has 0 radical (unpaired) electrons. The van der Waals surface area contributed by atoms with Gasteiger partial charge in [0.1, 0.15) is 62.2 Å². The number of aryl methyl sites for hydroxylation is 1. The molecule has 8 rings (SSSR count). The van der Waals surface area contributed by atoms with Crippen LogP contribution < -0.4 is 39.4 Å². The first-order valence-electron chi connectivity index (χ1n) is 22.7. The molecular formula is C52H58N5O9+. The van der Waals surface area contributed by atoms with Crippen LogP contribution >= 0.6 is 0 Å². The van der Waals surface area contributed by atoms with E-state index in [2.05, 4.69) is 51.2 Å². The van der Waals surface area contributed by atoms with Crippen molar-refractivity contribution in [2.45, 2.75) is 40.2 Å². The number of aromatic carboxylic acids is 1. The molecular weight excluding hydrogens is 839 g/mol. The molecule has 2 N–H and O–H groups in total. The van der Waals surface area contributed by atoms with Crippen molar-refractivity contribution in [2.24, 2.45) is 0 Å². The van der Waals surface area contributed by atoms with E-state index in [1.807, 2.05) is 79.1 Å². The molecule has 1 aliphatic carbocycles. The summed E-state index contributed by atoms with van der Waals surface area (Å²) in [6.45, 7) is 11.7. The molecule has 0 bridgehead atoms.